The van der Waals surface area contributed by atoms with Crippen molar-refractivity contribution in [1.29, 1.82) is 0 Å². The van der Waals surface area contributed by atoms with Crippen molar-refractivity contribution in [3.63, 3.8) is 0 Å². The van der Waals surface area contributed by atoms with E-state index in [-0.39, 0.29) is 6.04 Å². The molecule has 0 radical (unpaired) electrons. The van der Waals surface area contributed by atoms with E-state index in [9.17, 15) is 0 Å². The van der Waals surface area contributed by atoms with E-state index in [0.717, 1.165) is 19.3 Å². The largest absolute Gasteiger partial charge is 0.339 e. The Morgan fingerprint density at radius 2 is 2.25 bits per heavy atom. The van der Waals surface area contributed by atoms with Crippen LogP contribution >= 0.6 is 0 Å². The van der Waals surface area contributed by atoms with Crippen LogP contribution < -0.4 is 5.73 Å². The van der Waals surface area contributed by atoms with Gasteiger partial charge in [-0.2, -0.15) is 4.98 Å². The third-order valence-corrected chi connectivity index (χ3v) is 1.72. The smallest absolute Gasteiger partial charge is 0.226 e. The van der Waals surface area contributed by atoms with Gasteiger partial charge in [0, 0.05) is 6.42 Å². The van der Waals surface area contributed by atoms with Crippen molar-refractivity contribution < 1.29 is 4.52 Å². The molecule has 1 aromatic heterocycles. The molecule has 0 bridgehead atoms. The minimum Gasteiger partial charge on any atom is -0.339 e. The van der Waals surface area contributed by atoms with Gasteiger partial charge in [-0.25, -0.2) is 0 Å². The van der Waals surface area contributed by atoms with Gasteiger partial charge in [0.25, 0.3) is 0 Å². The van der Waals surface area contributed by atoms with Crippen LogP contribution in [0.3, 0.4) is 0 Å². The lowest BCUT2D eigenvalue weighted by Crippen LogP contribution is -2.11. The highest BCUT2D eigenvalue weighted by Gasteiger charge is 2.11. The molecule has 0 spiro atoms. The molecule has 0 amide bonds. The number of aromatic nitrogens is 2. The summed E-state index contributed by atoms with van der Waals surface area (Å²) in [4.78, 5) is 4.14. The molecular weight excluding hydrogens is 154 g/mol. The van der Waals surface area contributed by atoms with Gasteiger partial charge in [0.1, 0.15) is 0 Å². The minimum atomic E-state index is -0.0703. The molecule has 68 valence electrons. The first-order valence-electron chi connectivity index (χ1n) is 4.36. The number of nitrogens with zero attached hydrogens (tertiary/aromatic N) is 2. The third-order valence-electron chi connectivity index (χ3n) is 1.72. The third kappa shape index (κ3) is 2.04. The van der Waals surface area contributed by atoms with Crippen LogP contribution in [0.5, 0.6) is 0 Å². The van der Waals surface area contributed by atoms with Crippen LogP contribution in [-0.2, 0) is 6.42 Å². The van der Waals surface area contributed by atoms with E-state index < -0.39 is 0 Å². The van der Waals surface area contributed by atoms with E-state index in [0.29, 0.717) is 11.7 Å². The predicted octanol–water partition coefficient (Wildman–Crippen LogP) is 1.43. The summed E-state index contributed by atoms with van der Waals surface area (Å²) < 4.78 is 4.94. The number of hydrogen-bond acceptors (Lipinski definition) is 4. The van der Waals surface area contributed by atoms with E-state index in [1.807, 2.05) is 6.92 Å². The first kappa shape index (κ1) is 9.19. The lowest BCUT2D eigenvalue weighted by atomic mass is 10.2. The summed E-state index contributed by atoms with van der Waals surface area (Å²) in [6.45, 7) is 4.06. The SMILES string of the molecule is CCCC(N)c1noc(CC)n1. The number of aryl methyl sites for hydroxylation is 1. The summed E-state index contributed by atoms with van der Waals surface area (Å²) >= 11 is 0. The standard InChI is InChI=1S/C8H15N3O/c1-3-5-6(9)8-10-7(4-2)12-11-8/h6H,3-5,9H2,1-2H3. The summed E-state index contributed by atoms with van der Waals surface area (Å²) in [5.41, 5.74) is 5.79. The molecule has 0 aliphatic carbocycles. The van der Waals surface area contributed by atoms with Crippen LogP contribution in [-0.4, -0.2) is 10.1 Å². The molecule has 1 atom stereocenters. The van der Waals surface area contributed by atoms with Crippen molar-refractivity contribution in [3.8, 4) is 0 Å². The zero-order valence-electron chi connectivity index (χ0n) is 7.58. The second kappa shape index (κ2) is 4.21. The fourth-order valence-corrected chi connectivity index (χ4v) is 1.00. The van der Waals surface area contributed by atoms with Crippen LogP contribution in [0.15, 0.2) is 4.52 Å². The normalized spacial score (nSPS) is 13.2. The molecule has 1 heterocycles. The predicted molar refractivity (Wildman–Crippen MR) is 45.5 cm³/mol. The first-order chi connectivity index (χ1) is 5.77. The van der Waals surface area contributed by atoms with Gasteiger partial charge in [-0.3, -0.25) is 0 Å². The zero-order chi connectivity index (χ0) is 8.97. The Labute approximate surface area is 72.1 Å². The van der Waals surface area contributed by atoms with Gasteiger partial charge in [0.05, 0.1) is 6.04 Å². The molecule has 12 heavy (non-hydrogen) atoms. The second-order valence-corrected chi connectivity index (χ2v) is 2.80. The van der Waals surface area contributed by atoms with E-state index in [1.165, 1.54) is 0 Å². The molecule has 2 N–H and O–H groups in total. The molecular formula is C8H15N3O. The molecule has 4 nitrogen and oxygen atoms in total. The molecule has 0 saturated heterocycles. The van der Waals surface area contributed by atoms with Crippen LogP contribution in [0.2, 0.25) is 0 Å². The van der Waals surface area contributed by atoms with E-state index in [2.05, 4.69) is 17.1 Å². The minimum absolute atomic E-state index is 0.0703. The van der Waals surface area contributed by atoms with Gasteiger partial charge in [-0.05, 0) is 6.42 Å². The Hall–Kier alpha value is -0.900. The van der Waals surface area contributed by atoms with Gasteiger partial charge in [-0.1, -0.05) is 25.4 Å². The molecule has 1 rings (SSSR count). The van der Waals surface area contributed by atoms with Gasteiger partial charge in [0.2, 0.25) is 5.89 Å². The number of hydrogen-bond donors (Lipinski definition) is 1. The van der Waals surface area contributed by atoms with Gasteiger partial charge < -0.3 is 10.3 Å². The summed E-state index contributed by atoms with van der Waals surface area (Å²) in [5, 5.41) is 3.79. The van der Waals surface area contributed by atoms with Crippen LogP contribution in [0, 0.1) is 0 Å². The van der Waals surface area contributed by atoms with Crippen molar-refractivity contribution in [3.05, 3.63) is 11.7 Å². The fourth-order valence-electron chi connectivity index (χ4n) is 1.00. The van der Waals surface area contributed by atoms with E-state index in [1.54, 1.807) is 0 Å². The molecule has 0 saturated carbocycles. The Bertz CT molecular complexity index is 234. The average molecular weight is 169 g/mol. The maximum absolute atomic E-state index is 5.79. The highest BCUT2D eigenvalue weighted by atomic mass is 16.5. The van der Waals surface area contributed by atoms with Crippen molar-refractivity contribution in [2.75, 3.05) is 0 Å². The fraction of sp³-hybridized carbons (Fsp3) is 0.750. The van der Waals surface area contributed by atoms with Crippen molar-refractivity contribution >= 4 is 0 Å². The molecule has 1 aromatic rings. The molecule has 0 aliphatic heterocycles. The average Bonchev–Trinajstić information content (AvgIpc) is 2.52. The van der Waals surface area contributed by atoms with Crippen LogP contribution in [0.25, 0.3) is 0 Å². The van der Waals surface area contributed by atoms with Gasteiger partial charge in [0.15, 0.2) is 5.82 Å². The summed E-state index contributed by atoms with van der Waals surface area (Å²) in [6.07, 6.45) is 2.71. The van der Waals surface area contributed by atoms with Crippen molar-refractivity contribution in [2.24, 2.45) is 5.73 Å². The summed E-state index contributed by atoms with van der Waals surface area (Å²) in [6, 6.07) is -0.0703. The van der Waals surface area contributed by atoms with Crippen molar-refractivity contribution in [2.45, 2.75) is 39.2 Å². The highest BCUT2D eigenvalue weighted by molar-refractivity contribution is 4.92. The maximum atomic E-state index is 5.79. The van der Waals surface area contributed by atoms with Crippen LogP contribution in [0.1, 0.15) is 44.4 Å². The topological polar surface area (TPSA) is 64.9 Å². The van der Waals surface area contributed by atoms with Crippen molar-refractivity contribution in [1.82, 2.24) is 10.1 Å². The van der Waals surface area contributed by atoms with E-state index >= 15 is 0 Å². The second-order valence-electron chi connectivity index (χ2n) is 2.80. The Morgan fingerprint density at radius 1 is 1.50 bits per heavy atom. The van der Waals surface area contributed by atoms with Gasteiger partial charge in [-0.15, -0.1) is 0 Å². The molecule has 4 heteroatoms. The Morgan fingerprint density at radius 3 is 2.75 bits per heavy atom. The lowest BCUT2D eigenvalue weighted by molar-refractivity contribution is 0.372. The Kier molecular flexibility index (Phi) is 3.22. The number of nitrogens with two attached hydrogens (primary N) is 1. The molecule has 0 fully saturated rings. The van der Waals surface area contributed by atoms with E-state index in [4.69, 9.17) is 10.3 Å². The van der Waals surface area contributed by atoms with Gasteiger partial charge >= 0.3 is 0 Å². The summed E-state index contributed by atoms with van der Waals surface area (Å²) in [5.74, 6) is 1.30. The highest BCUT2D eigenvalue weighted by Crippen LogP contribution is 2.11. The maximum Gasteiger partial charge on any atom is 0.226 e. The lowest BCUT2D eigenvalue weighted by Gasteiger charge is -2.02. The monoisotopic (exact) mass is 169 g/mol. The first-order valence-corrected chi connectivity index (χ1v) is 4.36. The molecule has 1 unspecified atom stereocenters. The molecule has 0 aliphatic rings. The number of rotatable bonds is 4. The quantitative estimate of drug-likeness (QED) is 0.740. The zero-order valence-corrected chi connectivity index (χ0v) is 7.58. The summed E-state index contributed by atoms with van der Waals surface area (Å²) in [7, 11) is 0. The Balaban J connectivity index is 2.61. The molecule has 0 aromatic carbocycles. The van der Waals surface area contributed by atoms with Crippen LogP contribution in [0.4, 0.5) is 0 Å².